The topological polar surface area (TPSA) is 60.8 Å². The standard InChI is InChI=1S/C13H11ClN4OS2/c1-2-7-19-11-16-10(14)17-12(18-11)21-13-15-8-5-3-4-6-9(8)20-13/h3-6H,2,7H2,1H3. The van der Waals surface area contributed by atoms with Crippen LogP contribution in [0.15, 0.2) is 33.8 Å². The number of fused-ring (bicyclic) bond motifs is 1. The smallest absolute Gasteiger partial charge is 0.321 e. The summed E-state index contributed by atoms with van der Waals surface area (Å²) in [6.07, 6.45) is 0.879. The van der Waals surface area contributed by atoms with E-state index in [1.165, 1.54) is 11.8 Å². The Kier molecular flexibility index (Phi) is 4.52. The van der Waals surface area contributed by atoms with Gasteiger partial charge in [0, 0.05) is 0 Å². The molecule has 0 amide bonds. The first kappa shape index (κ1) is 14.5. The fourth-order valence-corrected chi connectivity index (χ4v) is 3.71. The van der Waals surface area contributed by atoms with Crippen LogP contribution in [0, 0.1) is 0 Å². The minimum Gasteiger partial charge on any atom is -0.463 e. The summed E-state index contributed by atoms with van der Waals surface area (Å²) in [5.41, 5.74) is 0.965. The molecule has 2 aromatic heterocycles. The van der Waals surface area contributed by atoms with Gasteiger partial charge in [0.05, 0.1) is 16.8 Å². The SMILES string of the molecule is CCCOc1nc(Cl)nc(Sc2nc3ccccc3s2)n1. The first-order chi connectivity index (χ1) is 10.2. The molecule has 0 radical (unpaired) electrons. The Morgan fingerprint density at radius 2 is 2.05 bits per heavy atom. The van der Waals surface area contributed by atoms with E-state index in [1.807, 2.05) is 31.2 Å². The highest BCUT2D eigenvalue weighted by Crippen LogP contribution is 2.33. The highest BCUT2D eigenvalue weighted by Gasteiger charge is 2.11. The summed E-state index contributed by atoms with van der Waals surface area (Å²) in [7, 11) is 0. The number of rotatable bonds is 5. The van der Waals surface area contributed by atoms with Crippen LogP contribution in [0.3, 0.4) is 0 Å². The molecule has 0 unspecified atom stereocenters. The molecule has 0 fully saturated rings. The third kappa shape index (κ3) is 3.61. The third-order valence-electron chi connectivity index (χ3n) is 2.46. The molecule has 1 aromatic carbocycles. The lowest BCUT2D eigenvalue weighted by atomic mass is 10.3. The molecule has 0 atom stereocenters. The molecule has 0 aliphatic rings. The lowest BCUT2D eigenvalue weighted by Crippen LogP contribution is -2.02. The van der Waals surface area contributed by atoms with Gasteiger partial charge in [-0.2, -0.15) is 15.0 Å². The van der Waals surface area contributed by atoms with Crippen molar-refractivity contribution in [1.29, 1.82) is 0 Å². The van der Waals surface area contributed by atoms with E-state index in [4.69, 9.17) is 16.3 Å². The average molecular weight is 339 g/mol. The molecule has 3 rings (SSSR count). The fourth-order valence-electron chi connectivity index (χ4n) is 1.59. The summed E-state index contributed by atoms with van der Waals surface area (Å²) < 4.78 is 7.38. The van der Waals surface area contributed by atoms with E-state index in [0.29, 0.717) is 11.8 Å². The normalized spacial score (nSPS) is 11.0. The summed E-state index contributed by atoms with van der Waals surface area (Å²) in [5, 5.41) is 0.611. The molecule has 0 aliphatic heterocycles. The zero-order chi connectivity index (χ0) is 14.7. The quantitative estimate of drug-likeness (QED) is 0.698. The maximum atomic E-state index is 5.90. The van der Waals surface area contributed by atoms with E-state index in [-0.39, 0.29) is 11.3 Å². The van der Waals surface area contributed by atoms with Gasteiger partial charge in [-0.25, -0.2) is 4.98 Å². The van der Waals surface area contributed by atoms with E-state index in [2.05, 4.69) is 19.9 Å². The number of thiazole rings is 1. The second-order valence-electron chi connectivity index (χ2n) is 4.07. The van der Waals surface area contributed by atoms with Crippen LogP contribution in [0.4, 0.5) is 0 Å². The van der Waals surface area contributed by atoms with Crippen LogP contribution in [-0.4, -0.2) is 26.5 Å². The predicted molar refractivity (Wildman–Crippen MR) is 84.4 cm³/mol. The van der Waals surface area contributed by atoms with Gasteiger partial charge in [-0.3, -0.25) is 0 Å². The summed E-state index contributed by atoms with van der Waals surface area (Å²) in [6.45, 7) is 2.56. The third-order valence-corrected chi connectivity index (χ3v) is 4.59. The molecule has 0 aliphatic carbocycles. The van der Waals surface area contributed by atoms with Crippen molar-refractivity contribution < 1.29 is 4.74 Å². The Bertz CT molecular complexity index is 732. The van der Waals surface area contributed by atoms with Crippen molar-refractivity contribution in [3.63, 3.8) is 0 Å². The van der Waals surface area contributed by atoms with Gasteiger partial charge >= 0.3 is 6.01 Å². The maximum Gasteiger partial charge on any atom is 0.321 e. The molecule has 108 valence electrons. The van der Waals surface area contributed by atoms with Gasteiger partial charge in [-0.1, -0.05) is 19.1 Å². The van der Waals surface area contributed by atoms with Gasteiger partial charge < -0.3 is 4.74 Å². The zero-order valence-electron chi connectivity index (χ0n) is 11.1. The Labute approximate surface area is 134 Å². The molecular formula is C13H11ClN4OS2. The summed E-state index contributed by atoms with van der Waals surface area (Å²) in [6, 6.07) is 8.22. The number of hydrogen-bond donors (Lipinski definition) is 0. The summed E-state index contributed by atoms with van der Waals surface area (Å²) >= 11 is 8.85. The number of aromatic nitrogens is 4. The van der Waals surface area contributed by atoms with Crippen molar-refractivity contribution in [1.82, 2.24) is 19.9 Å². The lowest BCUT2D eigenvalue weighted by molar-refractivity contribution is 0.288. The van der Waals surface area contributed by atoms with Crippen molar-refractivity contribution >= 4 is 44.9 Å². The number of ether oxygens (including phenoxy) is 1. The molecule has 0 saturated heterocycles. The molecule has 0 bridgehead atoms. The Morgan fingerprint density at radius 1 is 1.19 bits per heavy atom. The van der Waals surface area contributed by atoms with Crippen LogP contribution in [-0.2, 0) is 0 Å². The predicted octanol–water partition coefficient (Wildman–Crippen LogP) is 4.07. The highest BCUT2D eigenvalue weighted by atomic mass is 35.5. The van der Waals surface area contributed by atoms with E-state index in [0.717, 1.165) is 21.0 Å². The van der Waals surface area contributed by atoms with E-state index < -0.39 is 0 Å². The second-order valence-corrected chi connectivity index (χ2v) is 6.65. The van der Waals surface area contributed by atoms with Crippen LogP contribution in [0.1, 0.15) is 13.3 Å². The number of nitrogens with zero attached hydrogens (tertiary/aromatic N) is 4. The van der Waals surface area contributed by atoms with Gasteiger partial charge in [0.2, 0.25) is 10.4 Å². The van der Waals surface area contributed by atoms with E-state index in [9.17, 15) is 0 Å². The average Bonchev–Trinajstić information content (AvgIpc) is 2.86. The lowest BCUT2D eigenvalue weighted by Gasteiger charge is -2.03. The van der Waals surface area contributed by atoms with E-state index >= 15 is 0 Å². The maximum absolute atomic E-state index is 5.90. The van der Waals surface area contributed by atoms with Crippen molar-refractivity contribution in [2.75, 3.05) is 6.61 Å². The van der Waals surface area contributed by atoms with Gasteiger partial charge in [-0.15, -0.1) is 11.3 Å². The van der Waals surface area contributed by atoms with Crippen molar-refractivity contribution in [2.24, 2.45) is 0 Å². The first-order valence-corrected chi connectivity index (χ1v) is 8.33. The Morgan fingerprint density at radius 3 is 2.86 bits per heavy atom. The van der Waals surface area contributed by atoms with Crippen LogP contribution in [0.2, 0.25) is 5.28 Å². The van der Waals surface area contributed by atoms with Crippen LogP contribution < -0.4 is 4.74 Å². The molecular weight excluding hydrogens is 328 g/mol. The zero-order valence-corrected chi connectivity index (χ0v) is 13.5. The van der Waals surface area contributed by atoms with E-state index in [1.54, 1.807) is 11.3 Å². The number of halogens is 1. The van der Waals surface area contributed by atoms with Crippen molar-refractivity contribution in [3.8, 4) is 6.01 Å². The highest BCUT2D eigenvalue weighted by molar-refractivity contribution is 8.01. The molecule has 21 heavy (non-hydrogen) atoms. The molecule has 3 aromatic rings. The molecule has 0 spiro atoms. The molecule has 0 saturated carbocycles. The minimum absolute atomic E-state index is 0.125. The number of benzene rings is 1. The van der Waals surface area contributed by atoms with Gasteiger partial charge in [-0.05, 0) is 41.9 Å². The van der Waals surface area contributed by atoms with Crippen molar-refractivity contribution in [2.45, 2.75) is 22.8 Å². The van der Waals surface area contributed by atoms with Gasteiger partial charge in [0.15, 0.2) is 4.34 Å². The van der Waals surface area contributed by atoms with Crippen molar-refractivity contribution in [3.05, 3.63) is 29.5 Å². The fraction of sp³-hybridized carbons (Fsp3) is 0.231. The molecule has 8 heteroatoms. The molecule has 2 heterocycles. The first-order valence-electron chi connectivity index (χ1n) is 6.32. The minimum atomic E-state index is 0.125. The second kappa shape index (κ2) is 6.55. The Hall–Kier alpha value is -1.44. The largest absolute Gasteiger partial charge is 0.463 e. The molecule has 5 nitrogen and oxygen atoms in total. The summed E-state index contributed by atoms with van der Waals surface area (Å²) in [4.78, 5) is 16.8. The number of para-hydroxylation sites is 1. The van der Waals surface area contributed by atoms with Gasteiger partial charge in [0.1, 0.15) is 0 Å². The number of hydrogen-bond acceptors (Lipinski definition) is 7. The van der Waals surface area contributed by atoms with Crippen LogP contribution >= 0.6 is 34.7 Å². The van der Waals surface area contributed by atoms with Crippen LogP contribution in [0.25, 0.3) is 10.2 Å². The monoisotopic (exact) mass is 338 g/mol. The molecule has 0 N–H and O–H groups in total. The Balaban J connectivity index is 1.84. The summed E-state index contributed by atoms with van der Waals surface area (Å²) in [5.74, 6) is 0. The van der Waals surface area contributed by atoms with Crippen LogP contribution in [0.5, 0.6) is 6.01 Å². The van der Waals surface area contributed by atoms with Gasteiger partial charge in [0.25, 0.3) is 0 Å².